The summed E-state index contributed by atoms with van der Waals surface area (Å²) in [6.07, 6.45) is 1.56. The second kappa shape index (κ2) is 7.98. The van der Waals surface area contributed by atoms with Gasteiger partial charge in [0.2, 0.25) is 0 Å². The molecule has 1 aliphatic heterocycles. The monoisotopic (exact) mass is 444 g/mol. The Morgan fingerprint density at radius 1 is 1.19 bits per heavy atom. The molecule has 1 aromatic carbocycles. The number of rotatable bonds is 4. The molecule has 0 unspecified atom stereocenters. The van der Waals surface area contributed by atoms with Crippen LogP contribution in [-0.4, -0.2) is 25.7 Å². The van der Waals surface area contributed by atoms with Crippen molar-refractivity contribution in [3.8, 4) is 28.7 Å². The van der Waals surface area contributed by atoms with E-state index in [1.54, 1.807) is 28.9 Å². The SMILES string of the molecule is Cc1cccc(-c2nc(NC(=O)c3c(-c4ccccc4F)nn4c3CCC4)sc2C#N)n1. The molecule has 1 amide bonds. The number of hydrogen-bond acceptors (Lipinski definition) is 6. The van der Waals surface area contributed by atoms with Crippen LogP contribution in [-0.2, 0) is 13.0 Å². The molecule has 0 spiro atoms. The van der Waals surface area contributed by atoms with Gasteiger partial charge in [0.05, 0.1) is 17.0 Å². The Morgan fingerprint density at radius 3 is 2.81 bits per heavy atom. The molecule has 32 heavy (non-hydrogen) atoms. The van der Waals surface area contributed by atoms with Crippen molar-refractivity contribution < 1.29 is 9.18 Å². The zero-order chi connectivity index (χ0) is 22.2. The first-order valence-corrected chi connectivity index (χ1v) is 10.9. The fourth-order valence-corrected chi connectivity index (χ4v) is 4.64. The molecule has 0 aliphatic carbocycles. The summed E-state index contributed by atoms with van der Waals surface area (Å²) in [5, 5.41) is 17.1. The Labute approximate surface area is 187 Å². The fourth-order valence-electron chi connectivity index (χ4n) is 3.87. The Bertz CT molecular complexity index is 1400. The van der Waals surface area contributed by atoms with Gasteiger partial charge in [0, 0.05) is 17.8 Å². The van der Waals surface area contributed by atoms with E-state index in [1.807, 2.05) is 19.1 Å². The summed E-state index contributed by atoms with van der Waals surface area (Å²) in [5.41, 5.74) is 3.50. The zero-order valence-corrected chi connectivity index (χ0v) is 17.9. The normalized spacial score (nSPS) is 12.4. The van der Waals surface area contributed by atoms with Crippen LogP contribution in [0.25, 0.3) is 22.6 Å². The summed E-state index contributed by atoms with van der Waals surface area (Å²) in [4.78, 5) is 22.6. The number of halogens is 1. The van der Waals surface area contributed by atoms with Crippen molar-refractivity contribution in [1.29, 1.82) is 5.26 Å². The molecule has 0 fully saturated rings. The van der Waals surface area contributed by atoms with Crippen molar-refractivity contribution in [3.05, 3.63) is 70.1 Å². The molecule has 0 radical (unpaired) electrons. The Balaban J connectivity index is 1.53. The average molecular weight is 444 g/mol. The van der Waals surface area contributed by atoms with Gasteiger partial charge in [0.1, 0.15) is 28.2 Å². The van der Waals surface area contributed by atoms with Gasteiger partial charge in [-0.3, -0.25) is 19.8 Å². The number of nitriles is 1. The predicted molar refractivity (Wildman–Crippen MR) is 119 cm³/mol. The van der Waals surface area contributed by atoms with Crippen molar-refractivity contribution in [2.75, 3.05) is 5.32 Å². The third-order valence-electron chi connectivity index (χ3n) is 5.28. The summed E-state index contributed by atoms with van der Waals surface area (Å²) in [5.74, 6) is -0.861. The van der Waals surface area contributed by atoms with Crippen LogP contribution in [0, 0.1) is 24.1 Å². The van der Waals surface area contributed by atoms with Gasteiger partial charge in [-0.15, -0.1) is 0 Å². The number of aryl methyl sites for hydroxylation is 2. The van der Waals surface area contributed by atoms with Crippen LogP contribution in [0.15, 0.2) is 42.5 Å². The van der Waals surface area contributed by atoms with Gasteiger partial charge in [-0.25, -0.2) is 9.37 Å². The number of amides is 1. The lowest BCUT2D eigenvalue weighted by Crippen LogP contribution is -2.14. The maximum Gasteiger partial charge on any atom is 0.261 e. The highest BCUT2D eigenvalue weighted by Gasteiger charge is 2.29. The number of benzene rings is 1. The second-order valence-electron chi connectivity index (χ2n) is 7.40. The summed E-state index contributed by atoms with van der Waals surface area (Å²) < 4.78 is 16.3. The van der Waals surface area contributed by atoms with E-state index in [0.717, 1.165) is 29.1 Å². The standard InChI is InChI=1S/C23H17FN6OS/c1-13-6-4-9-16(26-13)21-18(12-25)32-23(27-21)28-22(31)19-17-10-5-11-30(17)29-20(19)14-7-2-3-8-15(14)24/h2-4,6-9H,5,10-11H2,1H3,(H,27,28,31). The van der Waals surface area contributed by atoms with Gasteiger partial charge >= 0.3 is 0 Å². The highest BCUT2D eigenvalue weighted by molar-refractivity contribution is 7.16. The Hall–Kier alpha value is -3.90. The maximum absolute atomic E-state index is 14.5. The number of thiazole rings is 1. The number of fused-ring (bicyclic) bond motifs is 1. The van der Waals surface area contributed by atoms with Gasteiger partial charge in [-0.1, -0.05) is 29.5 Å². The number of carbonyl (C=O) groups is 1. The van der Waals surface area contributed by atoms with E-state index >= 15 is 0 Å². The van der Waals surface area contributed by atoms with Crippen LogP contribution in [0.2, 0.25) is 0 Å². The number of pyridine rings is 1. The fraction of sp³-hybridized carbons (Fsp3) is 0.174. The van der Waals surface area contributed by atoms with E-state index in [1.165, 1.54) is 6.07 Å². The lowest BCUT2D eigenvalue weighted by molar-refractivity contribution is 0.102. The van der Waals surface area contributed by atoms with E-state index in [2.05, 4.69) is 26.5 Å². The number of carbonyl (C=O) groups excluding carboxylic acids is 1. The Morgan fingerprint density at radius 2 is 2.03 bits per heavy atom. The van der Waals surface area contributed by atoms with Crippen molar-refractivity contribution in [1.82, 2.24) is 19.7 Å². The van der Waals surface area contributed by atoms with E-state index in [0.29, 0.717) is 40.5 Å². The molecule has 9 heteroatoms. The van der Waals surface area contributed by atoms with Crippen molar-refractivity contribution >= 4 is 22.4 Å². The average Bonchev–Trinajstić information content (AvgIpc) is 3.48. The first-order valence-electron chi connectivity index (χ1n) is 10.1. The summed E-state index contributed by atoms with van der Waals surface area (Å²) in [6, 6.07) is 13.9. The van der Waals surface area contributed by atoms with Crippen LogP contribution in [0.4, 0.5) is 9.52 Å². The van der Waals surface area contributed by atoms with E-state index in [4.69, 9.17) is 0 Å². The Kier molecular flexibility index (Phi) is 4.99. The molecule has 4 heterocycles. The maximum atomic E-state index is 14.5. The van der Waals surface area contributed by atoms with Crippen molar-refractivity contribution in [2.24, 2.45) is 0 Å². The van der Waals surface area contributed by atoms with Crippen molar-refractivity contribution in [3.63, 3.8) is 0 Å². The topological polar surface area (TPSA) is 96.5 Å². The molecule has 0 saturated heterocycles. The number of anilines is 1. The quantitative estimate of drug-likeness (QED) is 0.497. The summed E-state index contributed by atoms with van der Waals surface area (Å²) >= 11 is 1.08. The van der Waals surface area contributed by atoms with Crippen LogP contribution in [0.3, 0.4) is 0 Å². The zero-order valence-electron chi connectivity index (χ0n) is 17.1. The molecule has 158 valence electrons. The minimum absolute atomic E-state index is 0.279. The lowest BCUT2D eigenvalue weighted by atomic mass is 10.0. The molecule has 0 atom stereocenters. The van der Waals surface area contributed by atoms with Gasteiger partial charge < -0.3 is 0 Å². The van der Waals surface area contributed by atoms with Crippen molar-refractivity contribution in [2.45, 2.75) is 26.3 Å². The van der Waals surface area contributed by atoms with Crippen LogP contribution < -0.4 is 5.32 Å². The number of hydrogen-bond donors (Lipinski definition) is 1. The molecule has 3 aromatic heterocycles. The van der Waals surface area contributed by atoms with Gasteiger partial charge in [0.15, 0.2) is 5.13 Å². The molecular weight excluding hydrogens is 427 g/mol. The molecule has 4 aromatic rings. The lowest BCUT2D eigenvalue weighted by Gasteiger charge is -2.06. The first-order chi connectivity index (χ1) is 15.5. The molecular formula is C23H17FN6OS. The van der Waals surface area contributed by atoms with Gasteiger partial charge in [0.25, 0.3) is 5.91 Å². The van der Waals surface area contributed by atoms with E-state index in [9.17, 15) is 14.4 Å². The van der Waals surface area contributed by atoms with E-state index < -0.39 is 11.7 Å². The predicted octanol–water partition coefficient (Wildman–Crippen LogP) is 4.59. The number of aromatic nitrogens is 4. The minimum atomic E-state index is -0.438. The third kappa shape index (κ3) is 3.44. The molecule has 0 saturated carbocycles. The highest BCUT2D eigenvalue weighted by Crippen LogP contribution is 2.34. The van der Waals surface area contributed by atoms with Gasteiger partial charge in [-0.05, 0) is 44.0 Å². The molecule has 1 N–H and O–H groups in total. The first kappa shape index (κ1) is 20.0. The number of nitrogens with zero attached hydrogens (tertiary/aromatic N) is 5. The minimum Gasteiger partial charge on any atom is -0.298 e. The number of nitrogens with one attached hydrogen (secondary N) is 1. The van der Waals surface area contributed by atoms with Crippen LogP contribution in [0.1, 0.15) is 33.0 Å². The highest BCUT2D eigenvalue weighted by atomic mass is 32.1. The van der Waals surface area contributed by atoms with Gasteiger partial charge in [-0.2, -0.15) is 10.4 Å². The summed E-state index contributed by atoms with van der Waals surface area (Å²) in [6.45, 7) is 2.54. The second-order valence-corrected chi connectivity index (χ2v) is 8.40. The summed E-state index contributed by atoms with van der Waals surface area (Å²) in [7, 11) is 0. The van der Waals surface area contributed by atoms with Crippen LogP contribution in [0.5, 0.6) is 0 Å². The largest absolute Gasteiger partial charge is 0.298 e. The molecule has 1 aliphatic rings. The molecule has 0 bridgehead atoms. The van der Waals surface area contributed by atoms with E-state index in [-0.39, 0.29) is 10.7 Å². The third-order valence-corrected chi connectivity index (χ3v) is 6.15. The molecule has 5 rings (SSSR count). The smallest absolute Gasteiger partial charge is 0.261 e. The molecule has 7 nitrogen and oxygen atoms in total. The van der Waals surface area contributed by atoms with Crippen LogP contribution >= 0.6 is 11.3 Å².